The molecule has 0 aliphatic carbocycles. The number of hydrogen-bond acceptors (Lipinski definition) is 7. The molecule has 2 saturated heterocycles. The number of carbonyl (C=O) groups is 2. The second-order valence-corrected chi connectivity index (χ2v) is 6.94. The van der Waals surface area contributed by atoms with Crippen LogP contribution in [-0.4, -0.2) is 56.7 Å². The zero-order chi connectivity index (χ0) is 20.2. The van der Waals surface area contributed by atoms with Gasteiger partial charge in [-0.25, -0.2) is 9.59 Å². The molecule has 0 aromatic heterocycles. The van der Waals surface area contributed by atoms with E-state index >= 15 is 0 Å². The monoisotopic (exact) mass is 398 g/mol. The number of carbonyl (C=O) groups excluding carboxylic acids is 2. The van der Waals surface area contributed by atoms with Crippen molar-refractivity contribution in [3.8, 4) is 0 Å². The fourth-order valence-corrected chi connectivity index (χ4v) is 3.52. The van der Waals surface area contributed by atoms with Crippen LogP contribution in [0.3, 0.4) is 0 Å². The molecule has 0 spiro atoms. The van der Waals surface area contributed by atoms with Gasteiger partial charge in [-0.3, -0.25) is 0 Å². The highest BCUT2D eigenvalue weighted by molar-refractivity contribution is 5.93. The number of ether oxygens (including phenoxy) is 5. The van der Waals surface area contributed by atoms with Crippen LogP contribution < -0.4 is 0 Å². The lowest BCUT2D eigenvalue weighted by Gasteiger charge is -2.17. The minimum atomic E-state index is -0.502. The molecule has 2 aromatic carbocycles. The van der Waals surface area contributed by atoms with Gasteiger partial charge in [0, 0.05) is 0 Å². The van der Waals surface area contributed by atoms with E-state index in [1.807, 2.05) is 30.3 Å². The zero-order valence-corrected chi connectivity index (χ0v) is 16.0. The van der Waals surface area contributed by atoms with E-state index in [1.54, 1.807) is 0 Å². The third kappa shape index (κ3) is 4.32. The number of esters is 2. The molecule has 0 N–H and O–H groups in total. The molecule has 4 atom stereocenters. The van der Waals surface area contributed by atoms with Crippen LogP contribution in [0.25, 0.3) is 0 Å². The van der Waals surface area contributed by atoms with Gasteiger partial charge in [-0.15, -0.1) is 0 Å². The Labute approximate surface area is 168 Å². The van der Waals surface area contributed by atoms with Crippen molar-refractivity contribution in [2.24, 2.45) is 0 Å². The molecule has 2 aliphatic heterocycles. The first-order valence-electron chi connectivity index (χ1n) is 9.44. The van der Waals surface area contributed by atoms with Crippen molar-refractivity contribution >= 4 is 11.9 Å². The smallest absolute Gasteiger partial charge is 0.338 e. The maximum atomic E-state index is 12.5. The van der Waals surface area contributed by atoms with E-state index < -0.39 is 18.0 Å². The summed E-state index contributed by atoms with van der Waals surface area (Å²) in [5.74, 6) is -0.953. The van der Waals surface area contributed by atoms with Crippen LogP contribution in [0.5, 0.6) is 0 Å². The third-order valence-corrected chi connectivity index (χ3v) is 5.07. The largest absolute Gasteiger partial charge is 0.465 e. The quantitative estimate of drug-likeness (QED) is 0.691. The van der Waals surface area contributed by atoms with Crippen molar-refractivity contribution in [3.63, 3.8) is 0 Å². The number of benzene rings is 2. The summed E-state index contributed by atoms with van der Waals surface area (Å²) in [4.78, 5) is 23.9. The first kappa shape index (κ1) is 19.6. The predicted molar refractivity (Wildman–Crippen MR) is 101 cm³/mol. The Morgan fingerprint density at radius 1 is 0.862 bits per heavy atom. The van der Waals surface area contributed by atoms with E-state index in [0.29, 0.717) is 24.3 Å². The first-order valence-corrected chi connectivity index (χ1v) is 9.44. The van der Waals surface area contributed by atoms with Gasteiger partial charge in [0.2, 0.25) is 0 Å². The van der Waals surface area contributed by atoms with Crippen molar-refractivity contribution in [3.05, 3.63) is 71.3 Å². The minimum absolute atomic E-state index is 0.205. The van der Waals surface area contributed by atoms with E-state index in [2.05, 4.69) is 4.74 Å². The highest BCUT2D eigenvalue weighted by Crippen LogP contribution is 2.31. The van der Waals surface area contributed by atoms with Crippen molar-refractivity contribution in [1.29, 1.82) is 0 Å². The van der Waals surface area contributed by atoms with Crippen LogP contribution in [0, 0.1) is 0 Å². The highest BCUT2D eigenvalue weighted by atomic mass is 16.7. The molecular weight excluding hydrogens is 376 g/mol. The number of methoxy groups -OCH3 is 1. The molecule has 7 heteroatoms. The second kappa shape index (κ2) is 8.73. The van der Waals surface area contributed by atoms with E-state index in [0.717, 1.165) is 5.56 Å². The zero-order valence-electron chi connectivity index (χ0n) is 16.0. The van der Waals surface area contributed by atoms with Gasteiger partial charge in [-0.05, 0) is 29.8 Å². The summed E-state index contributed by atoms with van der Waals surface area (Å²) >= 11 is 0. The van der Waals surface area contributed by atoms with E-state index in [-0.39, 0.29) is 24.9 Å². The van der Waals surface area contributed by atoms with E-state index in [4.69, 9.17) is 18.9 Å². The number of hydrogen-bond donors (Lipinski definition) is 0. The van der Waals surface area contributed by atoms with Crippen molar-refractivity contribution in [2.75, 3.05) is 20.3 Å². The highest BCUT2D eigenvalue weighted by Gasteiger charge is 2.50. The molecule has 7 nitrogen and oxygen atoms in total. The normalized spacial score (nSPS) is 25.4. The predicted octanol–water partition coefficient (Wildman–Crippen LogP) is 2.38. The number of rotatable bonds is 6. The van der Waals surface area contributed by atoms with Crippen LogP contribution in [-0.2, 0) is 30.3 Å². The van der Waals surface area contributed by atoms with E-state index in [9.17, 15) is 9.59 Å². The molecule has 0 amide bonds. The van der Waals surface area contributed by atoms with Gasteiger partial charge in [-0.2, -0.15) is 0 Å². The van der Waals surface area contributed by atoms with Crippen molar-refractivity contribution in [2.45, 2.75) is 31.0 Å². The summed E-state index contributed by atoms with van der Waals surface area (Å²) in [5.41, 5.74) is 1.79. The van der Waals surface area contributed by atoms with Gasteiger partial charge in [0.15, 0.2) is 6.10 Å². The summed E-state index contributed by atoms with van der Waals surface area (Å²) in [6.07, 6.45) is -1.33. The third-order valence-electron chi connectivity index (χ3n) is 5.07. The lowest BCUT2D eigenvalue weighted by molar-refractivity contribution is -0.0471. The molecule has 4 unspecified atom stereocenters. The Balaban J connectivity index is 1.32. The van der Waals surface area contributed by atoms with Crippen LogP contribution in [0.1, 0.15) is 26.3 Å². The van der Waals surface area contributed by atoms with E-state index in [1.165, 1.54) is 31.4 Å². The first-order chi connectivity index (χ1) is 14.2. The molecule has 2 fully saturated rings. The average molecular weight is 398 g/mol. The minimum Gasteiger partial charge on any atom is -0.465 e. The number of fused-ring (bicyclic) bond motifs is 1. The van der Waals surface area contributed by atoms with Crippen LogP contribution in [0.4, 0.5) is 0 Å². The maximum Gasteiger partial charge on any atom is 0.338 e. The Morgan fingerprint density at radius 2 is 1.45 bits per heavy atom. The summed E-state index contributed by atoms with van der Waals surface area (Å²) in [7, 11) is 1.31. The second-order valence-electron chi connectivity index (χ2n) is 6.94. The molecule has 4 rings (SSSR count). The average Bonchev–Trinajstić information content (AvgIpc) is 3.35. The molecule has 2 aliphatic rings. The summed E-state index contributed by atoms with van der Waals surface area (Å²) in [6, 6.07) is 16.0. The molecule has 29 heavy (non-hydrogen) atoms. The summed E-state index contributed by atoms with van der Waals surface area (Å²) in [5, 5.41) is 0. The maximum absolute atomic E-state index is 12.5. The van der Waals surface area contributed by atoms with Gasteiger partial charge in [-0.1, -0.05) is 30.3 Å². The Hall–Kier alpha value is -2.74. The Morgan fingerprint density at radius 3 is 2.10 bits per heavy atom. The van der Waals surface area contributed by atoms with Crippen LogP contribution in [0.15, 0.2) is 54.6 Å². The van der Waals surface area contributed by atoms with Gasteiger partial charge < -0.3 is 23.7 Å². The lowest BCUT2D eigenvalue weighted by atomic mass is 10.1. The molecular formula is C22H22O7. The Kier molecular flexibility index (Phi) is 5.89. The summed E-state index contributed by atoms with van der Waals surface area (Å²) < 4.78 is 27.8. The van der Waals surface area contributed by atoms with Gasteiger partial charge in [0.1, 0.15) is 18.3 Å². The lowest BCUT2D eigenvalue weighted by Crippen LogP contribution is -2.35. The molecule has 2 heterocycles. The van der Waals surface area contributed by atoms with Gasteiger partial charge >= 0.3 is 11.9 Å². The fraction of sp³-hybridized carbons (Fsp3) is 0.364. The molecule has 2 aromatic rings. The standard InChI is InChI=1S/C22H22O7/c1-25-21(23)15-7-9-16(10-8-15)22(24)29-18-13-28-19-17(12-27-20(18)19)26-11-14-5-3-2-4-6-14/h2-10,17-20H,11-13H2,1H3. The van der Waals surface area contributed by atoms with Gasteiger partial charge in [0.25, 0.3) is 0 Å². The van der Waals surface area contributed by atoms with Crippen molar-refractivity contribution < 1.29 is 33.3 Å². The van der Waals surface area contributed by atoms with Crippen LogP contribution >= 0.6 is 0 Å². The topological polar surface area (TPSA) is 80.3 Å². The Bertz CT molecular complexity index is 849. The fourth-order valence-electron chi connectivity index (χ4n) is 3.52. The molecule has 0 saturated carbocycles. The molecule has 152 valence electrons. The van der Waals surface area contributed by atoms with Gasteiger partial charge in [0.05, 0.1) is 38.1 Å². The van der Waals surface area contributed by atoms with Crippen molar-refractivity contribution in [1.82, 2.24) is 0 Å². The SMILES string of the molecule is COC(=O)c1ccc(C(=O)OC2COC3C(OCc4ccccc4)COC23)cc1. The van der Waals surface area contributed by atoms with Crippen LogP contribution in [0.2, 0.25) is 0 Å². The molecule has 0 bridgehead atoms. The molecule has 0 radical (unpaired) electrons. The summed E-state index contributed by atoms with van der Waals surface area (Å²) in [6.45, 7) is 1.12.